The molecule has 210 valence electrons. The Morgan fingerprint density at radius 1 is 0.737 bits per heavy atom. The fourth-order valence-corrected chi connectivity index (χ4v) is 3.71. The van der Waals surface area contributed by atoms with E-state index in [1.807, 2.05) is 12.4 Å². The van der Waals surface area contributed by atoms with Crippen LogP contribution in [0, 0.1) is 0 Å². The summed E-state index contributed by atoms with van der Waals surface area (Å²) < 4.78 is 0. The monoisotopic (exact) mass is 566 g/mol. The first-order valence-electron chi connectivity index (χ1n) is 12.8. The van der Waals surface area contributed by atoms with Crippen molar-refractivity contribution in [2.24, 2.45) is 0 Å². The Bertz CT molecular complexity index is 894. The number of aromatic amines is 2. The molecule has 0 unspecified atom stereocenters. The van der Waals surface area contributed by atoms with Crippen LogP contribution in [0.5, 0.6) is 0 Å². The Hall–Kier alpha value is -3.26. The molecule has 0 aliphatic carbocycles. The minimum atomic E-state index is -1.21. The first-order valence-corrected chi connectivity index (χ1v) is 13.6. The number of aryl methyl sites for hydroxylation is 2. The van der Waals surface area contributed by atoms with Crippen molar-refractivity contribution in [3.63, 3.8) is 0 Å². The van der Waals surface area contributed by atoms with Crippen molar-refractivity contribution in [2.45, 2.75) is 64.2 Å². The van der Waals surface area contributed by atoms with Crippen LogP contribution in [0.25, 0.3) is 0 Å². The third-order valence-electron chi connectivity index (χ3n) is 5.52. The average Bonchev–Trinajstić information content (AvgIpc) is 3.61. The number of unbranched alkanes of at least 4 members (excludes halogenated alkanes) is 6. The molecule has 2 rings (SSSR count). The molecule has 14 heteroatoms. The van der Waals surface area contributed by atoms with Gasteiger partial charge < -0.3 is 30.3 Å². The number of hydrogen-bond donors (Lipinski definition) is 4. The fourth-order valence-electron chi connectivity index (χ4n) is 3.43. The molecule has 0 saturated heterocycles. The topological polar surface area (TPSA) is 140 Å². The first-order chi connectivity index (χ1) is 18.4. The molecular formula is C24H38N8O4S2. The van der Waals surface area contributed by atoms with Crippen LogP contribution in [-0.4, -0.2) is 79.4 Å². The minimum Gasteiger partial charge on any atom is -0.360 e. The molecule has 2 heterocycles. The maximum absolute atomic E-state index is 12.1. The Morgan fingerprint density at radius 3 is 1.50 bits per heavy atom. The van der Waals surface area contributed by atoms with Crippen LogP contribution >= 0.6 is 24.4 Å². The van der Waals surface area contributed by atoms with E-state index in [1.165, 1.54) is 14.1 Å². The van der Waals surface area contributed by atoms with Gasteiger partial charge in [-0.2, -0.15) is 10.1 Å². The SMILES string of the molecule is CN(OC(=O)C(=O)ON(C)C(=S)NCCCCCCc1ncc[nH]1)C(=S)NCCCCCCc1ncc[nH]1. The van der Waals surface area contributed by atoms with Crippen LogP contribution in [0.3, 0.4) is 0 Å². The zero-order valence-electron chi connectivity index (χ0n) is 22.0. The predicted molar refractivity (Wildman–Crippen MR) is 150 cm³/mol. The van der Waals surface area contributed by atoms with E-state index in [0.29, 0.717) is 13.1 Å². The Balaban J connectivity index is 1.49. The molecule has 2 aromatic heterocycles. The number of hydrogen-bond acceptors (Lipinski definition) is 8. The van der Waals surface area contributed by atoms with Crippen molar-refractivity contribution < 1.29 is 19.3 Å². The molecule has 0 aromatic carbocycles. The molecular weight excluding hydrogens is 528 g/mol. The number of imidazole rings is 2. The number of carbonyl (C=O) groups is 2. The van der Waals surface area contributed by atoms with E-state index in [4.69, 9.17) is 34.1 Å². The van der Waals surface area contributed by atoms with Crippen molar-refractivity contribution in [3.8, 4) is 0 Å². The number of H-pyrrole nitrogens is 2. The molecule has 2 aromatic rings. The van der Waals surface area contributed by atoms with E-state index >= 15 is 0 Å². The minimum absolute atomic E-state index is 0.191. The smallest absolute Gasteiger partial charge is 0.360 e. The van der Waals surface area contributed by atoms with Gasteiger partial charge in [0, 0.05) is 64.8 Å². The standard InChI is InChI=1S/C24H38N8O4S2/c1-31(23(37)29-13-9-5-3-7-11-19-25-15-16-26-19)35-21(33)22(34)36-32(2)24(38)30-14-10-6-4-8-12-20-27-17-18-28-20/h15-18H,3-14H2,1-2H3,(H,25,26)(H,27,28)(H,29,37)(H,30,38). The average molecular weight is 567 g/mol. The van der Waals surface area contributed by atoms with Gasteiger partial charge in [0.1, 0.15) is 11.6 Å². The summed E-state index contributed by atoms with van der Waals surface area (Å²) in [5.41, 5.74) is 0. The summed E-state index contributed by atoms with van der Waals surface area (Å²) in [6.45, 7) is 1.25. The molecule has 0 aliphatic heterocycles. The van der Waals surface area contributed by atoms with E-state index in [9.17, 15) is 9.59 Å². The maximum Gasteiger partial charge on any atom is 0.444 e. The molecule has 0 saturated carbocycles. The van der Waals surface area contributed by atoms with Gasteiger partial charge in [0.2, 0.25) is 10.2 Å². The van der Waals surface area contributed by atoms with Gasteiger partial charge in [0.25, 0.3) is 0 Å². The lowest BCUT2D eigenvalue weighted by Crippen LogP contribution is -2.43. The molecule has 12 nitrogen and oxygen atoms in total. The number of thiocarbonyl (C=S) groups is 2. The van der Waals surface area contributed by atoms with E-state index in [0.717, 1.165) is 86.0 Å². The van der Waals surface area contributed by atoms with Crippen LogP contribution in [0.4, 0.5) is 0 Å². The van der Waals surface area contributed by atoms with Gasteiger partial charge in [-0.25, -0.2) is 19.6 Å². The molecule has 4 N–H and O–H groups in total. The fraction of sp³-hybridized carbons (Fsp3) is 0.583. The van der Waals surface area contributed by atoms with E-state index in [2.05, 4.69) is 30.6 Å². The predicted octanol–water partition coefficient (Wildman–Crippen LogP) is 2.57. The summed E-state index contributed by atoms with van der Waals surface area (Å²) in [7, 11) is 2.88. The van der Waals surface area contributed by atoms with E-state index < -0.39 is 11.9 Å². The molecule has 0 aliphatic rings. The van der Waals surface area contributed by atoms with Crippen molar-refractivity contribution in [3.05, 3.63) is 36.4 Å². The molecule has 38 heavy (non-hydrogen) atoms. The molecule has 0 bridgehead atoms. The maximum atomic E-state index is 12.1. The molecule has 0 radical (unpaired) electrons. The first kappa shape index (κ1) is 31.0. The van der Waals surface area contributed by atoms with Crippen molar-refractivity contribution in [1.29, 1.82) is 0 Å². The van der Waals surface area contributed by atoms with Crippen LogP contribution < -0.4 is 10.6 Å². The third kappa shape index (κ3) is 12.8. The Morgan fingerprint density at radius 2 is 1.13 bits per heavy atom. The third-order valence-corrected chi connectivity index (χ3v) is 6.32. The van der Waals surface area contributed by atoms with Gasteiger partial charge in [-0.3, -0.25) is 0 Å². The van der Waals surface area contributed by atoms with Gasteiger partial charge in [0.05, 0.1) is 0 Å². The zero-order chi connectivity index (χ0) is 27.6. The Kier molecular flexibility index (Phi) is 14.7. The van der Waals surface area contributed by atoms with Gasteiger partial charge >= 0.3 is 11.9 Å². The second kappa shape index (κ2) is 18.1. The van der Waals surface area contributed by atoms with Crippen molar-refractivity contribution in [2.75, 3.05) is 27.2 Å². The van der Waals surface area contributed by atoms with Crippen LogP contribution in [0.15, 0.2) is 24.8 Å². The Labute approximate surface area is 234 Å². The number of aromatic nitrogens is 4. The quantitative estimate of drug-likeness (QED) is 0.116. The van der Waals surface area contributed by atoms with Crippen LogP contribution in [0.2, 0.25) is 0 Å². The van der Waals surface area contributed by atoms with Crippen molar-refractivity contribution >= 4 is 46.6 Å². The summed E-state index contributed by atoms with van der Waals surface area (Å²) in [6, 6.07) is 0. The van der Waals surface area contributed by atoms with Crippen molar-refractivity contribution in [1.82, 2.24) is 40.7 Å². The lowest BCUT2D eigenvalue weighted by molar-refractivity contribution is -0.196. The highest BCUT2D eigenvalue weighted by atomic mass is 32.1. The summed E-state index contributed by atoms with van der Waals surface area (Å²) in [4.78, 5) is 48.7. The summed E-state index contributed by atoms with van der Waals surface area (Å²) in [5.74, 6) is -0.417. The summed E-state index contributed by atoms with van der Waals surface area (Å²) in [6.07, 6.45) is 17.1. The van der Waals surface area contributed by atoms with Gasteiger partial charge in [-0.1, -0.05) is 25.7 Å². The van der Waals surface area contributed by atoms with Gasteiger partial charge in [-0.05, 0) is 50.1 Å². The normalized spacial score (nSPS) is 10.5. The van der Waals surface area contributed by atoms with E-state index in [1.54, 1.807) is 12.4 Å². The number of hydroxylamine groups is 4. The second-order valence-corrected chi connectivity index (χ2v) is 9.39. The number of nitrogens with one attached hydrogen (secondary N) is 4. The molecule has 0 atom stereocenters. The highest BCUT2D eigenvalue weighted by Gasteiger charge is 2.24. The highest BCUT2D eigenvalue weighted by molar-refractivity contribution is 7.80. The van der Waals surface area contributed by atoms with Gasteiger partial charge in [-0.15, -0.1) is 0 Å². The highest BCUT2D eigenvalue weighted by Crippen LogP contribution is 2.05. The van der Waals surface area contributed by atoms with Crippen LogP contribution in [-0.2, 0) is 32.1 Å². The molecule has 0 spiro atoms. The van der Waals surface area contributed by atoms with Gasteiger partial charge in [0.15, 0.2) is 0 Å². The van der Waals surface area contributed by atoms with E-state index in [-0.39, 0.29) is 10.2 Å². The lowest BCUT2D eigenvalue weighted by Gasteiger charge is -2.21. The number of nitrogens with zero attached hydrogens (tertiary/aromatic N) is 4. The molecule has 0 fully saturated rings. The number of carbonyl (C=O) groups excluding carboxylic acids is 2. The summed E-state index contributed by atoms with van der Waals surface area (Å²) in [5, 5.41) is 8.44. The zero-order valence-corrected chi connectivity index (χ0v) is 23.7. The second-order valence-electron chi connectivity index (χ2n) is 8.62. The number of rotatable bonds is 14. The largest absolute Gasteiger partial charge is 0.444 e. The van der Waals surface area contributed by atoms with Crippen LogP contribution in [0.1, 0.15) is 63.0 Å². The lowest BCUT2D eigenvalue weighted by atomic mass is 10.1. The molecule has 0 amide bonds. The summed E-state index contributed by atoms with van der Waals surface area (Å²) >= 11 is 10.4.